The van der Waals surface area contributed by atoms with Gasteiger partial charge in [0.15, 0.2) is 5.82 Å². The molecule has 0 saturated carbocycles. The van der Waals surface area contributed by atoms with E-state index in [9.17, 15) is 5.26 Å². The second kappa shape index (κ2) is 7.86. The zero-order valence-corrected chi connectivity index (χ0v) is 14.8. The number of aryl methyl sites for hydroxylation is 2. The van der Waals surface area contributed by atoms with E-state index in [0.717, 1.165) is 26.9 Å². The van der Waals surface area contributed by atoms with Gasteiger partial charge in [0.1, 0.15) is 11.6 Å². The third-order valence-corrected chi connectivity index (χ3v) is 4.08. The van der Waals surface area contributed by atoms with Gasteiger partial charge in [-0.3, -0.25) is 5.43 Å². The third-order valence-electron chi connectivity index (χ3n) is 3.22. The number of ether oxygens (including phenoxy) is 1. The minimum atomic E-state index is 0.357. The third kappa shape index (κ3) is 4.38. The summed E-state index contributed by atoms with van der Waals surface area (Å²) in [6.07, 6.45) is 1.69. The van der Waals surface area contributed by atoms with Gasteiger partial charge in [-0.1, -0.05) is 28.1 Å². The summed E-state index contributed by atoms with van der Waals surface area (Å²) in [5.74, 6) is 0.432. The number of halogens is 1. The standard InChI is InChI=1S/C17H17BrN4O/c1-11-4-5-13(7-16(11)18)9-20-22-17-15(8-19)14(10-23-3)6-12(2)21-17/h4-7,9H,10H2,1-3H3,(H,21,22)/b20-9+. The smallest absolute Gasteiger partial charge is 0.164 e. The average molecular weight is 373 g/mol. The number of nitrogens with one attached hydrogen (secondary N) is 1. The molecule has 0 spiro atoms. The molecule has 1 N–H and O–H groups in total. The number of rotatable bonds is 5. The van der Waals surface area contributed by atoms with E-state index in [2.05, 4.69) is 37.5 Å². The molecule has 0 atom stereocenters. The van der Waals surface area contributed by atoms with Gasteiger partial charge in [-0.05, 0) is 37.1 Å². The first-order chi connectivity index (χ1) is 11.0. The van der Waals surface area contributed by atoms with Crippen LogP contribution in [0.25, 0.3) is 0 Å². The molecule has 0 saturated heterocycles. The second-order valence-corrected chi connectivity index (χ2v) is 5.92. The van der Waals surface area contributed by atoms with Crippen molar-refractivity contribution >= 4 is 28.0 Å². The molecule has 0 aliphatic heterocycles. The van der Waals surface area contributed by atoms with E-state index in [-0.39, 0.29) is 0 Å². The van der Waals surface area contributed by atoms with Crippen LogP contribution in [0.3, 0.4) is 0 Å². The molecule has 0 aliphatic rings. The van der Waals surface area contributed by atoms with Gasteiger partial charge in [0.2, 0.25) is 0 Å². The van der Waals surface area contributed by atoms with Crippen LogP contribution in [0.5, 0.6) is 0 Å². The Morgan fingerprint density at radius 1 is 1.39 bits per heavy atom. The van der Waals surface area contributed by atoms with Gasteiger partial charge in [0.25, 0.3) is 0 Å². The van der Waals surface area contributed by atoms with Crippen molar-refractivity contribution in [3.63, 3.8) is 0 Å². The molecule has 1 aromatic heterocycles. The highest BCUT2D eigenvalue weighted by molar-refractivity contribution is 9.10. The molecular weight excluding hydrogens is 356 g/mol. The predicted molar refractivity (Wildman–Crippen MR) is 94.5 cm³/mol. The molecule has 23 heavy (non-hydrogen) atoms. The number of pyridine rings is 1. The molecule has 6 heteroatoms. The van der Waals surface area contributed by atoms with Gasteiger partial charge in [0, 0.05) is 22.8 Å². The van der Waals surface area contributed by atoms with Crippen molar-refractivity contribution in [3.8, 4) is 6.07 Å². The molecule has 0 aliphatic carbocycles. The number of benzene rings is 1. The molecule has 0 unspecified atom stereocenters. The fourth-order valence-electron chi connectivity index (χ4n) is 2.07. The number of anilines is 1. The molecule has 0 bridgehead atoms. The Labute approximate surface area is 144 Å². The van der Waals surface area contributed by atoms with Crippen molar-refractivity contribution in [1.82, 2.24) is 4.98 Å². The minimum Gasteiger partial charge on any atom is -0.380 e. The first-order valence-corrected chi connectivity index (χ1v) is 7.79. The van der Waals surface area contributed by atoms with E-state index in [1.54, 1.807) is 13.3 Å². The van der Waals surface area contributed by atoms with E-state index in [1.165, 1.54) is 0 Å². The lowest BCUT2D eigenvalue weighted by Crippen LogP contribution is -2.03. The van der Waals surface area contributed by atoms with Crippen molar-refractivity contribution < 1.29 is 4.74 Å². The highest BCUT2D eigenvalue weighted by atomic mass is 79.9. The Hall–Kier alpha value is -2.23. The number of nitrogens with zero attached hydrogens (tertiary/aromatic N) is 3. The highest BCUT2D eigenvalue weighted by Gasteiger charge is 2.10. The molecule has 5 nitrogen and oxygen atoms in total. The first-order valence-electron chi connectivity index (χ1n) is 7.00. The fraction of sp³-hybridized carbons (Fsp3) is 0.235. The second-order valence-electron chi connectivity index (χ2n) is 5.07. The van der Waals surface area contributed by atoms with Crippen molar-refractivity contribution in [1.29, 1.82) is 5.26 Å². The van der Waals surface area contributed by atoms with Crippen LogP contribution >= 0.6 is 15.9 Å². The lowest BCUT2D eigenvalue weighted by atomic mass is 10.1. The van der Waals surface area contributed by atoms with Crippen molar-refractivity contribution in [2.45, 2.75) is 20.5 Å². The SMILES string of the molecule is COCc1cc(C)nc(N/N=C/c2ccc(C)c(Br)c2)c1C#N. The van der Waals surface area contributed by atoms with Crippen molar-refractivity contribution in [2.24, 2.45) is 5.10 Å². The summed E-state index contributed by atoms with van der Waals surface area (Å²) in [5, 5.41) is 13.5. The van der Waals surface area contributed by atoms with Crippen LogP contribution in [-0.2, 0) is 11.3 Å². The summed E-state index contributed by atoms with van der Waals surface area (Å²) in [6.45, 7) is 4.25. The van der Waals surface area contributed by atoms with Crippen molar-refractivity contribution in [3.05, 3.63) is 56.7 Å². The number of hydrazone groups is 1. The molecule has 1 heterocycles. The molecular formula is C17H17BrN4O. The van der Waals surface area contributed by atoms with Gasteiger partial charge < -0.3 is 4.74 Å². The fourth-order valence-corrected chi connectivity index (χ4v) is 2.47. The molecule has 0 fully saturated rings. The average Bonchev–Trinajstić information content (AvgIpc) is 2.51. The van der Waals surface area contributed by atoms with Gasteiger partial charge in [-0.2, -0.15) is 10.4 Å². The summed E-state index contributed by atoms with van der Waals surface area (Å²) >= 11 is 3.49. The maximum Gasteiger partial charge on any atom is 0.164 e. The zero-order valence-electron chi connectivity index (χ0n) is 13.2. The minimum absolute atomic E-state index is 0.357. The summed E-state index contributed by atoms with van der Waals surface area (Å²) in [4.78, 5) is 4.34. The number of methoxy groups -OCH3 is 1. The zero-order chi connectivity index (χ0) is 16.8. The molecule has 1 aromatic carbocycles. The lowest BCUT2D eigenvalue weighted by Gasteiger charge is -2.09. The van der Waals surface area contributed by atoms with E-state index in [0.29, 0.717) is 18.0 Å². The van der Waals surface area contributed by atoms with E-state index < -0.39 is 0 Å². The predicted octanol–water partition coefficient (Wildman–Crippen LogP) is 3.93. The quantitative estimate of drug-likeness (QED) is 0.637. The Bertz CT molecular complexity index is 781. The van der Waals surface area contributed by atoms with Gasteiger partial charge in [-0.25, -0.2) is 4.98 Å². The van der Waals surface area contributed by atoms with Crippen LogP contribution in [0, 0.1) is 25.2 Å². The Morgan fingerprint density at radius 2 is 2.17 bits per heavy atom. The monoisotopic (exact) mass is 372 g/mol. The Kier molecular flexibility index (Phi) is 5.85. The summed E-state index contributed by atoms with van der Waals surface area (Å²) in [5.41, 5.74) is 6.99. The van der Waals surface area contributed by atoms with Crippen LogP contribution < -0.4 is 5.43 Å². The molecule has 118 valence electrons. The normalized spacial score (nSPS) is 10.7. The number of hydrogen-bond donors (Lipinski definition) is 1. The van der Waals surface area contributed by atoms with Gasteiger partial charge >= 0.3 is 0 Å². The summed E-state index contributed by atoms with van der Waals surface area (Å²) < 4.78 is 6.15. The maximum atomic E-state index is 9.36. The van der Waals surface area contributed by atoms with Crippen LogP contribution in [0.1, 0.15) is 27.9 Å². The van der Waals surface area contributed by atoms with Crippen LogP contribution in [0.15, 0.2) is 33.8 Å². The maximum absolute atomic E-state index is 9.36. The van der Waals surface area contributed by atoms with Gasteiger partial charge in [-0.15, -0.1) is 0 Å². The molecule has 2 aromatic rings. The van der Waals surface area contributed by atoms with E-state index in [1.807, 2.05) is 38.1 Å². The number of aromatic nitrogens is 1. The van der Waals surface area contributed by atoms with E-state index in [4.69, 9.17) is 4.74 Å². The van der Waals surface area contributed by atoms with Crippen LogP contribution in [-0.4, -0.2) is 18.3 Å². The largest absolute Gasteiger partial charge is 0.380 e. The Balaban J connectivity index is 2.24. The van der Waals surface area contributed by atoms with Crippen molar-refractivity contribution in [2.75, 3.05) is 12.5 Å². The Morgan fingerprint density at radius 3 is 2.83 bits per heavy atom. The topological polar surface area (TPSA) is 70.3 Å². The summed E-state index contributed by atoms with van der Waals surface area (Å²) in [6, 6.07) is 9.95. The number of nitriles is 1. The lowest BCUT2D eigenvalue weighted by molar-refractivity contribution is 0.184. The van der Waals surface area contributed by atoms with Crippen LogP contribution in [0.4, 0.5) is 5.82 Å². The highest BCUT2D eigenvalue weighted by Crippen LogP contribution is 2.20. The van der Waals surface area contributed by atoms with E-state index >= 15 is 0 Å². The molecule has 2 rings (SSSR count). The number of hydrogen-bond acceptors (Lipinski definition) is 5. The first kappa shape index (κ1) is 17.1. The molecule has 0 amide bonds. The summed E-state index contributed by atoms with van der Waals surface area (Å²) in [7, 11) is 1.59. The molecule has 0 radical (unpaired) electrons. The van der Waals surface area contributed by atoms with Gasteiger partial charge in [0.05, 0.1) is 12.8 Å². The van der Waals surface area contributed by atoms with Crippen LogP contribution in [0.2, 0.25) is 0 Å².